The number of hydroxylamine groups is 2. The van der Waals surface area contributed by atoms with Crippen LogP contribution in [0.2, 0.25) is 0 Å². The van der Waals surface area contributed by atoms with Crippen LogP contribution >= 0.6 is 0 Å². The topological polar surface area (TPSA) is 71.8 Å². The van der Waals surface area contributed by atoms with E-state index in [9.17, 15) is 0 Å². The van der Waals surface area contributed by atoms with Crippen molar-refractivity contribution in [2.24, 2.45) is 0 Å². The van der Waals surface area contributed by atoms with E-state index < -0.39 is 30.2 Å². The summed E-state index contributed by atoms with van der Waals surface area (Å²) in [6.45, 7) is 1.74. The first kappa shape index (κ1) is 33.4. The molecule has 5 aromatic rings. The van der Waals surface area contributed by atoms with Crippen LogP contribution in [0.3, 0.4) is 0 Å². The zero-order valence-corrected chi connectivity index (χ0v) is 27.7. The summed E-state index contributed by atoms with van der Waals surface area (Å²) in [5, 5.41) is 1.80. The molecule has 2 aliphatic heterocycles. The summed E-state index contributed by atoms with van der Waals surface area (Å²) >= 11 is 0. The van der Waals surface area contributed by atoms with Gasteiger partial charge < -0.3 is 28.1 Å². The zero-order valence-electron chi connectivity index (χ0n) is 27.7. The minimum Gasteiger partial charge on any atom is -0.468 e. The minimum atomic E-state index is -1.23. The van der Waals surface area contributed by atoms with E-state index in [2.05, 4.69) is 36.4 Å². The van der Waals surface area contributed by atoms with Crippen molar-refractivity contribution in [1.82, 2.24) is 5.06 Å². The van der Waals surface area contributed by atoms with E-state index in [1.54, 1.807) is 11.3 Å². The van der Waals surface area contributed by atoms with E-state index in [1.165, 1.54) is 0 Å². The van der Waals surface area contributed by atoms with Crippen LogP contribution in [0, 0.1) is 0 Å². The van der Waals surface area contributed by atoms with Gasteiger partial charge in [0.05, 0.1) is 45.3 Å². The molecule has 7 rings (SSSR count). The van der Waals surface area contributed by atoms with Gasteiger partial charge in [-0.15, -0.1) is 0 Å². The van der Waals surface area contributed by atoms with Crippen molar-refractivity contribution in [3.8, 4) is 0 Å². The van der Waals surface area contributed by atoms with Crippen LogP contribution in [0.25, 0.3) is 0 Å². The number of furan rings is 1. The molecule has 8 nitrogen and oxygen atoms in total. The molecule has 6 atom stereocenters. The van der Waals surface area contributed by atoms with Crippen LogP contribution in [-0.2, 0) is 54.9 Å². The van der Waals surface area contributed by atoms with E-state index in [-0.39, 0.29) is 12.6 Å². The van der Waals surface area contributed by atoms with Gasteiger partial charge in [0, 0.05) is 13.5 Å². The van der Waals surface area contributed by atoms with Crippen molar-refractivity contribution >= 4 is 0 Å². The fourth-order valence-electron chi connectivity index (χ4n) is 6.66. The van der Waals surface area contributed by atoms with Crippen molar-refractivity contribution in [3.63, 3.8) is 0 Å². The highest BCUT2D eigenvalue weighted by Gasteiger charge is 2.63. The van der Waals surface area contributed by atoms with Gasteiger partial charge in [-0.05, 0) is 34.4 Å². The van der Waals surface area contributed by atoms with Crippen molar-refractivity contribution in [1.29, 1.82) is 0 Å². The van der Waals surface area contributed by atoms with Crippen molar-refractivity contribution < 1.29 is 32.9 Å². The van der Waals surface area contributed by atoms with Gasteiger partial charge in [-0.25, -0.2) is 0 Å². The first-order chi connectivity index (χ1) is 24.2. The number of nitrogens with zero attached hydrogens (tertiary/aromatic N) is 1. The van der Waals surface area contributed by atoms with Gasteiger partial charge in [0.25, 0.3) is 0 Å². The monoisotopic (exact) mass is 661 g/mol. The summed E-state index contributed by atoms with van der Waals surface area (Å²) < 4.78 is 39.9. The molecule has 3 heterocycles. The normalized spacial score (nSPS) is 25.5. The Morgan fingerprint density at radius 1 is 0.612 bits per heavy atom. The molecule has 1 spiro atoms. The van der Waals surface area contributed by atoms with Gasteiger partial charge in [0.1, 0.15) is 30.2 Å². The summed E-state index contributed by atoms with van der Waals surface area (Å²) in [6.07, 6.45) is -0.238. The first-order valence-corrected chi connectivity index (χ1v) is 16.9. The van der Waals surface area contributed by atoms with Gasteiger partial charge in [0.2, 0.25) is 5.79 Å². The SMILES string of the molecule is CN1O[C@]2(C[C@H]1c1ccco1)O[C@H](COCc1ccccc1)[C@@H](OCc1ccccc1)[C@H](OCc1ccccc1)[C@H]2OCc1ccccc1. The molecule has 49 heavy (non-hydrogen) atoms. The predicted molar refractivity (Wildman–Crippen MR) is 184 cm³/mol. The Balaban J connectivity index is 1.24. The van der Waals surface area contributed by atoms with E-state index in [4.69, 9.17) is 32.9 Å². The van der Waals surface area contributed by atoms with E-state index in [0.717, 1.165) is 28.0 Å². The Bertz CT molecular complexity index is 1670. The van der Waals surface area contributed by atoms with Crippen LogP contribution in [-0.4, -0.2) is 48.9 Å². The number of benzene rings is 4. The average Bonchev–Trinajstić information content (AvgIpc) is 3.80. The molecular weight excluding hydrogens is 618 g/mol. The molecule has 4 aromatic carbocycles. The molecule has 2 fully saturated rings. The number of ether oxygens (including phenoxy) is 5. The second kappa shape index (κ2) is 16.1. The van der Waals surface area contributed by atoms with Crippen molar-refractivity contribution in [3.05, 3.63) is 168 Å². The summed E-state index contributed by atoms with van der Waals surface area (Å²) in [7, 11) is 1.90. The highest BCUT2D eigenvalue weighted by Crippen LogP contribution is 2.49. The van der Waals surface area contributed by atoms with Gasteiger partial charge >= 0.3 is 0 Å². The largest absolute Gasteiger partial charge is 0.468 e. The van der Waals surface area contributed by atoms with Crippen LogP contribution in [0.5, 0.6) is 0 Å². The highest BCUT2D eigenvalue weighted by atomic mass is 16.8. The van der Waals surface area contributed by atoms with Crippen LogP contribution in [0.15, 0.2) is 144 Å². The molecule has 254 valence electrons. The molecule has 2 saturated heterocycles. The highest BCUT2D eigenvalue weighted by molar-refractivity contribution is 5.18. The molecule has 0 radical (unpaired) electrons. The fourth-order valence-corrected chi connectivity index (χ4v) is 6.66. The zero-order chi connectivity index (χ0) is 33.3. The van der Waals surface area contributed by atoms with Gasteiger partial charge in [-0.3, -0.25) is 4.84 Å². The molecule has 8 heteroatoms. The quantitative estimate of drug-likeness (QED) is 0.120. The van der Waals surface area contributed by atoms with Crippen LogP contribution in [0.4, 0.5) is 0 Å². The Morgan fingerprint density at radius 2 is 1.12 bits per heavy atom. The lowest BCUT2D eigenvalue weighted by atomic mass is 9.88. The molecule has 0 aliphatic carbocycles. The standard InChI is InChI=1S/C41H43NO7/c1-42-35(36-23-14-24-44-36)25-41(49-42)40(47-29-34-21-12-5-13-22-34)39(46-28-33-19-10-4-11-20-33)38(45-27-32-17-8-3-9-18-32)37(48-41)30-43-26-31-15-6-2-7-16-31/h2-24,35,37-40H,25-30H2,1H3/t35-,37+,38+,39-,40+,41-/m0/s1. The Kier molecular flexibility index (Phi) is 10.9. The molecule has 0 N–H and O–H groups in total. The summed E-state index contributed by atoms with van der Waals surface area (Å²) in [4.78, 5) is 6.75. The summed E-state index contributed by atoms with van der Waals surface area (Å²) in [6, 6.07) is 44.1. The lowest BCUT2D eigenvalue weighted by Crippen LogP contribution is -2.67. The van der Waals surface area contributed by atoms with Crippen molar-refractivity contribution in [2.75, 3.05) is 13.7 Å². The summed E-state index contributed by atoms with van der Waals surface area (Å²) in [5.41, 5.74) is 4.19. The molecule has 2 aliphatic rings. The van der Waals surface area contributed by atoms with E-state index >= 15 is 0 Å². The third-order valence-corrected chi connectivity index (χ3v) is 9.10. The molecule has 1 aromatic heterocycles. The van der Waals surface area contributed by atoms with Gasteiger partial charge in [-0.2, -0.15) is 5.06 Å². The van der Waals surface area contributed by atoms with E-state index in [1.807, 2.05) is 104 Å². The Morgan fingerprint density at radius 3 is 1.65 bits per heavy atom. The maximum atomic E-state index is 7.10. The van der Waals surface area contributed by atoms with Crippen molar-refractivity contribution in [2.45, 2.75) is 69.1 Å². The number of hydrogen-bond acceptors (Lipinski definition) is 8. The minimum absolute atomic E-state index is 0.208. The second-order valence-corrected chi connectivity index (χ2v) is 12.6. The van der Waals surface area contributed by atoms with Crippen LogP contribution < -0.4 is 0 Å². The maximum Gasteiger partial charge on any atom is 0.219 e. The van der Waals surface area contributed by atoms with E-state index in [0.29, 0.717) is 32.8 Å². The number of rotatable bonds is 14. The smallest absolute Gasteiger partial charge is 0.219 e. The molecule has 0 unspecified atom stereocenters. The first-order valence-electron chi connectivity index (χ1n) is 16.9. The summed E-state index contributed by atoms with van der Waals surface area (Å²) in [5.74, 6) is -0.443. The maximum absolute atomic E-state index is 7.10. The third-order valence-electron chi connectivity index (χ3n) is 9.10. The van der Waals surface area contributed by atoms with Gasteiger partial charge in [-0.1, -0.05) is 121 Å². The number of hydrogen-bond donors (Lipinski definition) is 0. The average molecular weight is 662 g/mol. The van der Waals surface area contributed by atoms with Gasteiger partial charge in [0.15, 0.2) is 0 Å². The lowest BCUT2D eigenvalue weighted by Gasteiger charge is -2.50. The Labute approximate surface area is 288 Å². The molecule has 0 bridgehead atoms. The fraction of sp³-hybridized carbons (Fsp3) is 0.317. The lowest BCUT2D eigenvalue weighted by molar-refractivity contribution is -0.404. The molecule has 0 amide bonds. The second-order valence-electron chi connectivity index (χ2n) is 12.6. The third kappa shape index (κ3) is 8.20. The predicted octanol–water partition coefficient (Wildman–Crippen LogP) is 7.66. The molecular formula is C41H43NO7. The molecule has 0 saturated carbocycles. The Hall–Kier alpha value is -4.12. The van der Waals surface area contributed by atoms with Crippen LogP contribution in [0.1, 0.15) is 40.5 Å².